The molecule has 104 valence electrons. The van der Waals surface area contributed by atoms with Crippen LogP contribution in [0, 0.1) is 0 Å². The highest BCUT2D eigenvalue weighted by Gasteiger charge is 2.14. The Morgan fingerprint density at radius 2 is 2.25 bits per heavy atom. The van der Waals surface area contributed by atoms with E-state index in [-0.39, 0.29) is 6.04 Å². The number of fused-ring (bicyclic) bond motifs is 1. The van der Waals surface area contributed by atoms with Crippen molar-refractivity contribution in [1.29, 1.82) is 0 Å². The Balaban J connectivity index is 1.66. The van der Waals surface area contributed by atoms with Gasteiger partial charge in [-0.25, -0.2) is 0 Å². The molecule has 0 saturated heterocycles. The lowest BCUT2D eigenvalue weighted by Gasteiger charge is -2.15. The summed E-state index contributed by atoms with van der Waals surface area (Å²) < 4.78 is 5.52. The second-order valence-corrected chi connectivity index (χ2v) is 4.97. The number of nitrogens with zero attached hydrogens (tertiary/aromatic N) is 2. The molecule has 1 unspecified atom stereocenters. The second kappa shape index (κ2) is 5.98. The highest BCUT2D eigenvalue weighted by atomic mass is 16.5. The largest absolute Gasteiger partial charge is 0.493 e. The van der Waals surface area contributed by atoms with Crippen LogP contribution in [0.5, 0.6) is 5.75 Å². The predicted molar refractivity (Wildman–Crippen MR) is 76.1 cm³/mol. The summed E-state index contributed by atoms with van der Waals surface area (Å²) in [6, 6.07) is 8.46. The lowest BCUT2D eigenvalue weighted by molar-refractivity contribution is 0.357. The molecule has 3 rings (SSSR count). The van der Waals surface area contributed by atoms with Crippen LogP contribution in [0.2, 0.25) is 0 Å². The quantitative estimate of drug-likeness (QED) is 0.637. The normalized spacial score (nSPS) is 14.7. The Bertz CT molecular complexity index is 573. The molecule has 0 saturated carbocycles. The second-order valence-electron chi connectivity index (χ2n) is 4.97. The predicted octanol–water partition coefficient (Wildman–Crippen LogP) is 1.55. The summed E-state index contributed by atoms with van der Waals surface area (Å²) in [7, 11) is 0. The van der Waals surface area contributed by atoms with Crippen molar-refractivity contribution in [3.63, 3.8) is 0 Å². The number of hydrazine groups is 1. The van der Waals surface area contributed by atoms with E-state index in [1.54, 1.807) is 12.4 Å². The lowest BCUT2D eigenvalue weighted by atomic mass is 9.99. The fraction of sp³-hybridized carbons (Fsp3) is 0.333. The molecule has 1 aliphatic heterocycles. The number of benzene rings is 1. The molecule has 5 nitrogen and oxygen atoms in total. The van der Waals surface area contributed by atoms with E-state index in [1.807, 2.05) is 6.07 Å². The van der Waals surface area contributed by atoms with Gasteiger partial charge in [0.05, 0.1) is 12.8 Å². The van der Waals surface area contributed by atoms with Crippen LogP contribution >= 0.6 is 0 Å². The van der Waals surface area contributed by atoms with Crippen molar-refractivity contribution in [1.82, 2.24) is 15.6 Å². The van der Waals surface area contributed by atoms with E-state index in [2.05, 4.69) is 33.8 Å². The standard InChI is InChI=1S/C15H18N4O/c16-19-14(13-5-7-17-18-10-13)3-1-11-2-4-15-12(9-11)6-8-20-15/h2,4-5,7,9-10,14,19H,1,3,6,8,16H2. The van der Waals surface area contributed by atoms with Crippen molar-refractivity contribution in [2.45, 2.75) is 25.3 Å². The number of ether oxygens (including phenoxy) is 1. The Morgan fingerprint density at radius 1 is 1.30 bits per heavy atom. The molecule has 0 bridgehead atoms. The number of nitrogens with two attached hydrogens (primary N) is 1. The average molecular weight is 270 g/mol. The maximum atomic E-state index is 5.64. The van der Waals surface area contributed by atoms with Gasteiger partial charge >= 0.3 is 0 Å². The third kappa shape index (κ3) is 2.79. The van der Waals surface area contributed by atoms with Crippen LogP contribution in [-0.2, 0) is 12.8 Å². The molecule has 1 aromatic heterocycles. The van der Waals surface area contributed by atoms with Gasteiger partial charge in [0.2, 0.25) is 0 Å². The van der Waals surface area contributed by atoms with Crippen LogP contribution in [0.3, 0.4) is 0 Å². The van der Waals surface area contributed by atoms with Gasteiger partial charge in [-0.1, -0.05) is 12.1 Å². The zero-order valence-electron chi connectivity index (χ0n) is 11.2. The SMILES string of the molecule is NNC(CCc1ccc2c(c1)CCO2)c1ccnnc1. The van der Waals surface area contributed by atoms with E-state index in [0.717, 1.165) is 37.2 Å². The Kier molecular flexibility index (Phi) is 3.90. The van der Waals surface area contributed by atoms with E-state index in [0.29, 0.717) is 0 Å². The van der Waals surface area contributed by atoms with Crippen molar-refractivity contribution < 1.29 is 4.74 Å². The Labute approximate surface area is 118 Å². The van der Waals surface area contributed by atoms with Gasteiger partial charge in [-0.2, -0.15) is 10.2 Å². The molecule has 0 spiro atoms. The first-order valence-corrected chi connectivity index (χ1v) is 6.84. The molecular formula is C15H18N4O. The van der Waals surface area contributed by atoms with Crippen LogP contribution in [0.25, 0.3) is 0 Å². The fourth-order valence-electron chi connectivity index (χ4n) is 2.56. The number of rotatable bonds is 5. The Morgan fingerprint density at radius 3 is 3.05 bits per heavy atom. The van der Waals surface area contributed by atoms with Crippen LogP contribution in [0.4, 0.5) is 0 Å². The van der Waals surface area contributed by atoms with Crippen molar-refractivity contribution in [2.24, 2.45) is 5.84 Å². The number of aromatic nitrogens is 2. The third-order valence-electron chi connectivity index (χ3n) is 3.69. The number of aryl methyl sites for hydroxylation is 1. The smallest absolute Gasteiger partial charge is 0.122 e. The minimum Gasteiger partial charge on any atom is -0.493 e. The molecule has 1 aliphatic rings. The van der Waals surface area contributed by atoms with Gasteiger partial charge in [0, 0.05) is 18.7 Å². The van der Waals surface area contributed by atoms with Gasteiger partial charge in [0.1, 0.15) is 5.75 Å². The van der Waals surface area contributed by atoms with Crippen molar-refractivity contribution in [3.05, 3.63) is 53.3 Å². The van der Waals surface area contributed by atoms with Crippen molar-refractivity contribution in [3.8, 4) is 5.75 Å². The molecule has 0 fully saturated rings. The average Bonchev–Trinajstić information content (AvgIpc) is 2.96. The van der Waals surface area contributed by atoms with Gasteiger partial charge in [-0.15, -0.1) is 0 Å². The molecule has 0 aliphatic carbocycles. The molecule has 0 radical (unpaired) electrons. The monoisotopic (exact) mass is 270 g/mol. The maximum Gasteiger partial charge on any atom is 0.122 e. The highest BCUT2D eigenvalue weighted by Crippen LogP contribution is 2.27. The fourth-order valence-corrected chi connectivity index (χ4v) is 2.56. The molecule has 2 heterocycles. The summed E-state index contributed by atoms with van der Waals surface area (Å²) >= 11 is 0. The van der Waals surface area contributed by atoms with Gasteiger partial charge < -0.3 is 4.74 Å². The van der Waals surface area contributed by atoms with E-state index in [4.69, 9.17) is 10.6 Å². The maximum absolute atomic E-state index is 5.64. The molecule has 2 aromatic rings. The molecule has 20 heavy (non-hydrogen) atoms. The topological polar surface area (TPSA) is 73.1 Å². The van der Waals surface area contributed by atoms with Crippen LogP contribution < -0.4 is 16.0 Å². The zero-order chi connectivity index (χ0) is 13.8. The minimum absolute atomic E-state index is 0.0926. The molecule has 5 heteroatoms. The number of hydrogen-bond acceptors (Lipinski definition) is 5. The summed E-state index contributed by atoms with van der Waals surface area (Å²) in [6.07, 6.45) is 6.33. The van der Waals surface area contributed by atoms with Gasteiger partial charge in [0.15, 0.2) is 0 Å². The van der Waals surface area contributed by atoms with E-state index in [1.165, 1.54) is 11.1 Å². The minimum atomic E-state index is 0.0926. The summed E-state index contributed by atoms with van der Waals surface area (Å²) in [4.78, 5) is 0. The first-order valence-electron chi connectivity index (χ1n) is 6.84. The van der Waals surface area contributed by atoms with Gasteiger partial charge in [0.25, 0.3) is 0 Å². The summed E-state index contributed by atoms with van der Waals surface area (Å²) in [5.41, 5.74) is 6.54. The molecule has 1 atom stereocenters. The van der Waals surface area contributed by atoms with Crippen LogP contribution in [-0.4, -0.2) is 16.8 Å². The first kappa shape index (κ1) is 13.0. The lowest BCUT2D eigenvalue weighted by Crippen LogP contribution is -2.28. The number of hydrogen-bond donors (Lipinski definition) is 2. The van der Waals surface area contributed by atoms with Crippen molar-refractivity contribution >= 4 is 0 Å². The van der Waals surface area contributed by atoms with E-state index >= 15 is 0 Å². The van der Waals surface area contributed by atoms with Gasteiger partial charge in [-0.3, -0.25) is 11.3 Å². The molecule has 0 amide bonds. The Hall–Kier alpha value is -1.98. The van der Waals surface area contributed by atoms with E-state index < -0.39 is 0 Å². The van der Waals surface area contributed by atoms with Crippen LogP contribution in [0.15, 0.2) is 36.7 Å². The van der Waals surface area contributed by atoms with Crippen molar-refractivity contribution in [2.75, 3.05) is 6.61 Å². The first-order chi connectivity index (χ1) is 9.86. The van der Waals surface area contributed by atoms with E-state index in [9.17, 15) is 0 Å². The highest BCUT2D eigenvalue weighted by molar-refractivity contribution is 5.39. The summed E-state index contributed by atoms with van der Waals surface area (Å²) in [5.74, 6) is 6.67. The summed E-state index contributed by atoms with van der Waals surface area (Å²) in [6.45, 7) is 0.800. The summed E-state index contributed by atoms with van der Waals surface area (Å²) in [5, 5.41) is 7.68. The molecule has 1 aromatic carbocycles. The van der Waals surface area contributed by atoms with Crippen LogP contribution in [0.1, 0.15) is 29.2 Å². The molecule has 3 N–H and O–H groups in total. The van der Waals surface area contributed by atoms with Gasteiger partial charge in [-0.05, 0) is 41.7 Å². The number of nitrogens with one attached hydrogen (secondary N) is 1. The molecular weight excluding hydrogens is 252 g/mol. The third-order valence-corrected chi connectivity index (χ3v) is 3.69. The zero-order valence-corrected chi connectivity index (χ0v) is 11.2.